The lowest BCUT2D eigenvalue weighted by molar-refractivity contribution is 0.137. The lowest BCUT2D eigenvalue weighted by Crippen LogP contribution is -2.37. The molecule has 6 heteroatoms. The van der Waals surface area contributed by atoms with E-state index in [0.29, 0.717) is 18.0 Å². The molecule has 4 rings (SSSR count). The van der Waals surface area contributed by atoms with Gasteiger partial charge in [0.1, 0.15) is 16.6 Å². The van der Waals surface area contributed by atoms with Gasteiger partial charge < -0.3 is 0 Å². The lowest BCUT2D eigenvalue weighted by atomic mass is 9.92. The quantitative estimate of drug-likeness (QED) is 0.803. The number of rotatable bonds is 5. The van der Waals surface area contributed by atoms with E-state index in [-0.39, 0.29) is 5.56 Å². The van der Waals surface area contributed by atoms with Crippen LogP contribution in [0.15, 0.2) is 29.8 Å². The van der Waals surface area contributed by atoms with Gasteiger partial charge in [0.2, 0.25) is 0 Å². The molecule has 0 amide bonds. The van der Waals surface area contributed by atoms with Crippen LogP contribution in [0.4, 0.5) is 8.78 Å². The van der Waals surface area contributed by atoms with Crippen molar-refractivity contribution in [3.05, 3.63) is 52.0 Å². The number of hydrogen-bond donors (Lipinski definition) is 0. The number of aromatic nitrogens is 1. The molecule has 1 aromatic heterocycles. The Kier molecular flexibility index (Phi) is 4.60. The van der Waals surface area contributed by atoms with Crippen LogP contribution in [-0.2, 0) is 13.1 Å². The van der Waals surface area contributed by atoms with Crippen molar-refractivity contribution in [3.8, 4) is 0 Å². The van der Waals surface area contributed by atoms with Crippen LogP contribution in [-0.4, -0.2) is 41.0 Å². The van der Waals surface area contributed by atoms with Crippen molar-refractivity contribution < 1.29 is 8.78 Å². The molecule has 2 aliphatic rings. The lowest BCUT2D eigenvalue weighted by Gasteiger charge is -2.34. The van der Waals surface area contributed by atoms with E-state index in [1.54, 1.807) is 11.3 Å². The summed E-state index contributed by atoms with van der Waals surface area (Å²) in [6.07, 6.45) is 5.31. The van der Waals surface area contributed by atoms with Crippen molar-refractivity contribution in [1.29, 1.82) is 0 Å². The van der Waals surface area contributed by atoms with E-state index in [1.807, 2.05) is 11.6 Å². The fourth-order valence-electron chi connectivity index (χ4n) is 4.20. The van der Waals surface area contributed by atoms with Gasteiger partial charge in [-0.25, -0.2) is 13.8 Å². The molecule has 0 unspecified atom stereocenters. The van der Waals surface area contributed by atoms with Gasteiger partial charge in [0.25, 0.3) is 0 Å². The van der Waals surface area contributed by atoms with E-state index in [0.717, 1.165) is 37.5 Å². The Labute approximate surface area is 151 Å². The van der Waals surface area contributed by atoms with E-state index in [9.17, 15) is 8.78 Å². The smallest absolute Gasteiger partial charge is 0.130 e. The second-order valence-electron chi connectivity index (χ2n) is 7.40. The zero-order chi connectivity index (χ0) is 17.4. The summed E-state index contributed by atoms with van der Waals surface area (Å²) in [5.41, 5.74) is 0.600. The predicted octanol–water partition coefficient (Wildman–Crippen LogP) is 3.91. The minimum atomic E-state index is -0.437. The molecule has 1 atom stereocenters. The molecule has 3 nitrogen and oxygen atoms in total. The first-order valence-corrected chi connectivity index (χ1v) is 9.69. The molecule has 25 heavy (non-hydrogen) atoms. The van der Waals surface area contributed by atoms with Gasteiger partial charge in [0.15, 0.2) is 0 Å². The maximum absolute atomic E-state index is 13.8. The van der Waals surface area contributed by atoms with E-state index in [4.69, 9.17) is 0 Å². The van der Waals surface area contributed by atoms with Gasteiger partial charge in [-0.15, -0.1) is 11.3 Å². The Bertz CT molecular complexity index is 706. The van der Waals surface area contributed by atoms with Crippen LogP contribution < -0.4 is 0 Å². The van der Waals surface area contributed by atoms with Crippen LogP contribution in [0, 0.1) is 17.0 Å². The Morgan fingerprint density at radius 3 is 2.64 bits per heavy atom. The molecule has 1 aromatic carbocycles. The maximum Gasteiger partial charge on any atom is 0.130 e. The minimum absolute atomic E-state index is 0.201. The number of thiazole rings is 1. The first kappa shape index (κ1) is 17.1. The number of piperidine rings is 1. The van der Waals surface area contributed by atoms with Crippen LogP contribution in [0.2, 0.25) is 0 Å². The highest BCUT2D eigenvalue weighted by Gasteiger charge is 2.56. The number of nitrogens with zero attached hydrogens (tertiary/aromatic N) is 3. The van der Waals surface area contributed by atoms with Gasteiger partial charge in [0.05, 0.1) is 6.54 Å². The van der Waals surface area contributed by atoms with Gasteiger partial charge in [-0.1, -0.05) is 6.07 Å². The molecular weight excluding hydrogens is 340 g/mol. The molecule has 2 fully saturated rings. The van der Waals surface area contributed by atoms with Gasteiger partial charge in [-0.2, -0.15) is 0 Å². The number of halogens is 2. The normalized spacial score (nSPS) is 22.6. The summed E-state index contributed by atoms with van der Waals surface area (Å²) < 4.78 is 27.7. The Morgan fingerprint density at radius 2 is 2.00 bits per heavy atom. The van der Waals surface area contributed by atoms with Crippen LogP contribution in [0.1, 0.15) is 29.8 Å². The molecule has 1 saturated carbocycles. The highest BCUT2D eigenvalue weighted by atomic mass is 32.1. The van der Waals surface area contributed by atoms with Crippen LogP contribution in [0.5, 0.6) is 0 Å². The van der Waals surface area contributed by atoms with Crippen LogP contribution >= 0.6 is 11.3 Å². The average Bonchev–Trinajstić information content (AvgIpc) is 3.05. The fourth-order valence-corrected chi connectivity index (χ4v) is 4.88. The molecule has 134 valence electrons. The molecular formula is C19H23F2N3S. The number of benzene rings is 1. The molecule has 1 spiro atoms. The summed E-state index contributed by atoms with van der Waals surface area (Å²) in [6.45, 7) is 3.10. The molecule has 0 N–H and O–H groups in total. The van der Waals surface area contributed by atoms with E-state index >= 15 is 0 Å². The molecule has 2 aromatic rings. The molecule has 2 heterocycles. The fraction of sp³-hybridized carbons (Fsp3) is 0.526. The minimum Gasteiger partial charge on any atom is -0.299 e. The van der Waals surface area contributed by atoms with Crippen LogP contribution in [0.3, 0.4) is 0 Å². The molecule has 1 aliphatic heterocycles. The van der Waals surface area contributed by atoms with Gasteiger partial charge >= 0.3 is 0 Å². The first-order valence-electron chi connectivity index (χ1n) is 8.81. The summed E-state index contributed by atoms with van der Waals surface area (Å²) in [6, 6.07) is 4.72. The Balaban J connectivity index is 1.32. The first-order chi connectivity index (χ1) is 12.1. The highest BCUT2D eigenvalue weighted by molar-refractivity contribution is 7.09. The van der Waals surface area contributed by atoms with Crippen molar-refractivity contribution in [2.24, 2.45) is 5.41 Å². The van der Waals surface area contributed by atoms with Crippen molar-refractivity contribution in [3.63, 3.8) is 0 Å². The SMILES string of the molecule is CN(Cc1nccs1)[C@H]1CC12CCN(Cc1c(F)cccc1F)CC2. The zero-order valence-corrected chi connectivity index (χ0v) is 15.2. The van der Waals surface area contributed by atoms with E-state index < -0.39 is 11.6 Å². The van der Waals surface area contributed by atoms with Crippen molar-refractivity contribution in [2.75, 3.05) is 20.1 Å². The topological polar surface area (TPSA) is 19.4 Å². The van der Waals surface area contributed by atoms with Gasteiger partial charge in [0, 0.05) is 29.7 Å². The summed E-state index contributed by atoms with van der Waals surface area (Å²) in [4.78, 5) is 8.98. The second kappa shape index (κ2) is 6.74. The second-order valence-corrected chi connectivity index (χ2v) is 8.38. The van der Waals surface area contributed by atoms with Crippen molar-refractivity contribution in [1.82, 2.24) is 14.8 Å². The molecule has 1 aliphatic carbocycles. The predicted molar refractivity (Wildman–Crippen MR) is 95.3 cm³/mol. The molecule has 1 saturated heterocycles. The highest BCUT2D eigenvalue weighted by Crippen LogP contribution is 2.56. The summed E-state index contributed by atoms with van der Waals surface area (Å²) in [5.74, 6) is -0.875. The van der Waals surface area contributed by atoms with Crippen molar-refractivity contribution in [2.45, 2.75) is 38.4 Å². The summed E-state index contributed by atoms with van der Waals surface area (Å²) >= 11 is 1.70. The number of likely N-dealkylation sites (tertiary alicyclic amines) is 1. The third kappa shape index (κ3) is 3.48. The third-order valence-electron chi connectivity index (χ3n) is 5.84. The summed E-state index contributed by atoms with van der Waals surface area (Å²) in [7, 11) is 2.18. The van der Waals surface area contributed by atoms with Gasteiger partial charge in [-0.3, -0.25) is 9.80 Å². The molecule has 0 radical (unpaired) electrons. The Morgan fingerprint density at radius 1 is 1.28 bits per heavy atom. The third-order valence-corrected chi connectivity index (χ3v) is 6.61. The zero-order valence-electron chi connectivity index (χ0n) is 14.4. The average molecular weight is 363 g/mol. The monoisotopic (exact) mass is 363 g/mol. The molecule has 0 bridgehead atoms. The number of hydrogen-bond acceptors (Lipinski definition) is 4. The largest absolute Gasteiger partial charge is 0.299 e. The maximum atomic E-state index is 13.8. The summed E-state index contributed by atoms with van der Waals surface area (Å²) in [5, 5.41) is 3.18. The van der Waals surface area contributed by atoms with E-state index in [1.165, 1.54) is 24.6 Å². The van der Waals surface area contributed by atoms with Crippen LogP contribution in [0.25, 0.3) is 0 Å². The van der Waals surface area contributed by atoms with Gasteiger partial charge in [-0.05, 0) is 56.9 Å². The Hall–Kier alpha value is -1.37. The standard InChI is InChI=1S/C19H23F2N3S/c1-23(13-18-22-7-10-25-18)17-11-19(17)5-8-24(9-6-19)12-14-15(20)3-2-4-16(14)21/h2-4,7,10,17H,5-6,8-9,11-13H2,1H3/t17-/m0/s1. The van der Waals surface area contributed by atoms with E-state index in [2.05, 4.69) is 21.8 Å². The van der Waals surface area contributed by atoms with Crippen molar-refractivity contribution >= 4 is 11.3 Å².